The number of aromatic nitrogens is 5. The molecule has 0 atom stereocenters. The number of rotatable bonds is 2. The summed E-state index contributed by atoms with van der Waals surface area (Å²) in [6, 6.07) is 12.7. The van der Waals surface area contributed by atoms with E-state index in [1.54, 1.807) is 29.0 Å². The van der Waals surface area contributed by atoms with E-state index in [4.69, 9.17) is 14.4 Å². The van der Waals surface area contributed by atoms with Gasteiger partial charge in [0.2, 0.25) is 5.71 Å². The van der Waals surface area contributed by atoms with E-state index in [1.165, 1.54) is 20.2 Å². The third-order valence-electron chi connectivity index (χ3n) is 7.39. The van der Waals surface area contributed by atoms with Crippen molar-refractivity contribution in [3.63, 3.8) is 0 Å². The van der Waals surface area contributed by atoms with Gasteiger partial charge in [-0.05, 0) is 35.9 Å². The topological polar surface area (TPSA) is 93.2 Å². The van der Waals surface area contributed by atoms with Crippen LogP contribution in [0.3, 0.4) is 0 Å². The maximum absolute atomic E-state index is 6.34. The summed E-state index contributed by atoms with van der Waals surface area (Å²) in [6.07, 6.45) is 10.9. The first-order valence-corrected chi connectivity index (χ1v) is 14.3. The molecule has 8 aromatic rings. The second-order valence-electron chi connectivity index (χ2n) is 9.85. The van der Waals surface area contributed by atoms with Gasteiger partial charge in [0.25, 0.3) is 0 Å². The fourth-order valence-corrected chi connectivity index (χ4v) is 7.71. The zero-order valence-electron chi connectivity index (χ0n) is 21.0. The van der Waals surface area contributed by atoms with Crippen molar-refractivity contribution in [3.05, 3.63) is 73.1 Å². The number of hydrogen-bond acceptors (Lipinski definition) is 10. The molecule has 0 fully saturated rings. The maximum Gasteiger partial charge on any atom is 0.229 e. The van der Waals surface area contributed by atoms with Crippen LogP contribution in [0.1, 0.15) is 5.56 Å². The number of furan rings is 1. The van der Waals surface area contributed by atoms with E-state index in [0.717, 1.165) is 66.2 Å². The number of fused-ring (bicyclic) bond motifs is 9. The van der Waals surface area contributed by atoms with Crippen LogP contribution in [0.5, 0.6) is 0 Å². The monoisotopic (exact) mass is 555 g/mol. The van der Waals surface area contributed by atoms with Crippen LogP contribution in [-0.4, -0.2) is 43.2 Å². The summed E-state index contributed by atoms with van der Waals surface area (Å²) in [5.41, 5.74) is 7.92. The van der Waals surface area contributed by atoms with Gasteiger partial charge < -0.3 is 9.32 Å². The standard InChI is InChI=1S/C30H17N7OS2/c1-37-12-21-26-28(40-30(21)36-14-37)24(34-13-35-26)16-9-20-25-27(38-29(20)33-10-16)17(5-7-32-25)15-2-3-22-19(8-15)18-4-6-31-11-23(18)39-22/h2-11,13-14H,12H2,1H3. The number of aliphatic imine (C=N–C) groups is 1. The van der Waals surface area contributed by atoms with E-state index in [2.05, 4.69) is 55.2 Å². The van der Waals surface area contributed by atoms with Gasteiger partial charge >= 0.3 is 0 Å². The van der Waals surface area contributed by atoms with Crippen molar-refractivity contribution in [2.45, 2.75) is 6.54 Å². The number of nitrogens with zero attached hydrogens (tertiary/aromatic N) is 7. The third-order valence-corrected chi connectivity index (χ3v) is 9.65. The Morgan fingerprint density at radius 2 is 1.77 bits per heavy atom. The lowest BCUT2D eigenvalue weighted by molar-refractivity contribution is 0.512. The number of thiophene rings is 2. The average molecular weight is 556 g/mol. The van der Waals surface area contributed by atoms with Crippen molar-refractivity contribution in [3.8, 4) is 22.4 Å². The largest absolute Gasteiger partial charge is 0.435 e. The highest BCUT2D eigenvalue weighted by Crippen LogP contribution is 2.43. The molecule has 0 saturated carbocycles. The first-order chi connectivity index (χ1) is 19.7. The highest BCUT2D eigenvalue weighted by molar-refractivity contribution is 7.25. The van der Waals surface area contributed by atoms with Gasteiger partial charge in [-0.25, -0.2) is 19.9 Å². The molecule has 0 saturated heterocycles. The molecule has 0 N–H and O–H groups in total. The number of benzene rings is 1. The van der Waals surface area contributed by atoms with E-state index in [0.29, 0.717) is 5.71 Å². The molecule has 8 heterocycles. The predicted molar refractivity (Wildman–Crippen MR) is 161 cm³/mol. The fourth-order valence-electron chi connectivity index (χ4n) is 5.54. The fraction of sp³-hybridized carbons (Fsp3) is 0.0667. The van der Waals surface area contributed by atoms with Crippen molar-refractivity contribution >= 4 is 86.6 Å². The molecular weight excluding hydrogens is 539 g/mol. The Balaban J connectivity index is 1.22. The molecule has 0 bridgehead atoms. The van der Waals surface area contributed by atoms with Gasteiger partial charge in [0.1, 0.15) is 16.8 Å². The summed E-state index contributed by atoms with van der Waals surface area (Å²) < 4.78 is 9.76. The van der Waals surface area contributed by atoms with Crippen LogP contribution in [-0.2, 0) is 6.54 Å². The molecule has 9 rings (SSSR count). The first-order valence-electron chi connectivity index (χ1n) is 12.7. The maximum atomic E-state index is 6.34. The van der Waals surface area contributed by atoms with Crippen LogP contribution in [0.2, 0.25) is 0 Å². The van der Waals surface area contributed by atoms with Gasteiger partial charge in [-0.15, -0.1) is 22.7 Å². The van der Waals surface area contributed by atoms with Crippen LogP contribution in [0.15, 0.2) is 76.9 Å². The van der Waals surface area contributed by atoms with Crippen LogP contribution >= 0.6 is 22.7 Å². The van der Waals surface area contributed by atoms with Gasteiger partial charge in [0.05, 0.1) is 32.3 Å². The minimum atomic E-state index is 0.550. The average Bonchev–Trinajstić information content (AvgIpc) is 3.67. The Morgan fingerprint density at radius 3 is 2.75 bits per heavy atom. The smallest absolute Gasteiger partial charge is 0.229 e. The van der Waals surface area contributed by atoms with Gasteiger partial charge in [-0.2, -0.15) is 0 Å². The van der Waals surface area contributed by atoms with Crippen molar-refractivity contribution in [2.75, 3.05) is 7.05 Å². The third kappa shape index (κ3) is 3.11. The van der Waals surface area contributed by atoms with Crippen LogP contribution < -0.4 is 0 Å². The quantitative estimate of drug-likeness (QED) is 0.217. The molecule has 7 aromatic heterocycles. The molecule has 1 aromatic carbocycles. The van der Waals surface area contributed by atoms with E-state index in [1.807, 2.05) is 44.2 Å². The summed E-state index contributed by atoms with van der Waals surface area (Å²) in [5, 5.41) is 4.26. The minimum absolute atomic E-state index is 0.550. The van der Waals surface area contributed by atoms with Gasteiger partial charge in [0.15, 0.2) is 5.58 Å². The summed E-state index contributed by atoms with van der Waals surface area (Å²) in [4.78, 5) is 29.6. The van der Waals surface area contributed by atoms with Gasteiger partial charge in [-0.3, -0.25) is 9.97 Å². The Morgan fingerprint density at radius 1 is 0.825 bits per heavy atom. The van der Waals surface area contributed by atoms with E-state index in [9.17, 15) is 0 Å². The molecular formula is C30H17N7OS2. The predicted octanol–water partition coefficient (Wildman–Crippen LogP) is 7.58. The zero-order chi connectivity index (χ0) is 26.4. The zero-order valence-corrected chi connectivity index (χ0v) is 22.6. The summed E-state index contributed by atoms with van der Waals surface area (Å²) in [7, 11) is 2.01. The molecule has 0 radical (unpaired) electrons. The molecule has 1 aliphatic heterocycles. The Kier molecular flexibility index (Phi) is 4.47. The Bertz CT molecular complexity index is 2350. The SMILES string of the molecule is CN1C=Nc2sc3c(-c4cnc5oc6c(-c7ccc8sc9cnccc9c8c7)ccnc6c5c4)ncnc3c2C1. The summed E-state index contributed by atoms with van der Waals surface area (Å²) in [6.45, 7) is 0.773. The second-order valence-corrected chi connectivity index (χ2v) is 11.9. The van der Waals surface area contributed by atoms with Gasteiger partial charge in [-0.1, -0.05) is 6.07 Å². The Hall–Kier alpha value is -4.80. The van der Waals surface area contributed by atoms with Crippen LogP contribution in [0.4, 0.5) is 5.00 Å². The molecule has 0 unspecified atom stereocenters. The summed E-state index contributed by atoms with van der Waals surface area (Å²) in [5.74, 6) is 0. The molecule has 0 spiro atoms. The highest BCUT2D eigenvalue weighted by Gasteiger charge is 2.22. The highest BCUT2D eigenvalue weighted by atomic mass is 32.1. The second kappa shape index (κ2) is 8.10. The molecule has 40 heavy (non-hydrogen) atoms. The van der Waals surface area contributed by atoms with Crippen molar-refractivity contribution in [1.29, 1.82) is 0 Å². The molecule has 8 nitrogen and oxygen atoms in total. The molecule has 190 valence electrons. The first kappa shape index (κ1) is 22.1. The molecule has 0 amide bonds. The minimum Gasteiger partial charge on any atom is -0.435 e. The number of pyridine rings is 3. The van der Waals surface area contributed by atoms with Crippen LogP contribution in [0.25, 0.3) is 75.0 Å². The van der Waals surface area contributed by atoms with Crippen molar-refractivity contribution < 1.29 is 4.42 Å². The molecule has 1 aliphatic rings. The van der Waals surface area contributed by atoms with Crippen molar-refractivity contribution in [2.24, 2.45) is 4.99 Å². The van der Waals surface area contributed by atoms with E-state index < -0.39 is 0 Å². The lowest BCUT2D eigenvalue weighted by Gasteiger charge is -2.16. The van der Waals surface area contributed by atoms with E-state index >= 15 is 0 Å². The number of hydrogen-bond donors (Lipinski definition) is 0. The normalized spacial score (nSPS) is 13.4. The van der Waals surface area contributed by atoms with Crippen LogP contribution in [0, 0.1) is 0 Å². The molecule has 10 heteroatoms. The van der Waals surface area contributed by atoms with Crippen molar-refractivity contribution in [1.82, 2.24) is 29.8 Å². The Labute approximate surface area is 234 Å². The lowest BCUT2D eigenvalue weighted by Crippen LogP contribution is -2.17. The lowest BCUT2D eigenvalue weighted by atomic mass is 10.0. The van der Waals surface area contributed by atoms with E-state index in [-0.39, 0.29) is 0 Å². The molecule has 0 aliphatic carbocycles. The van der Waals surface area contributed by atoms with Gasteiger partial charge in [0, 0.05) is 70.5 Å². The summed E-state index contributed by atoms with van der Waals surface area (Å²) >= 11 is 3.37.